The minimum absolute atomic E-state index is 0.0413. The number of ether oxygens (including phenoxy) is 1. The number of nitro benzene ring substituents is 1. The Balaban J connectivity index is 2.58. The molecule has 1 aromatic carbocycles. The molecule has 0 aliphatic heterocycles. The SMILES string of the molecule is COC(=O)CCCN=Cc1cc([N+](=O)[O-])ccc1Cl. The first-order valence-corrected chi connectivity index (χ1v) is 5.93. The maximum atomic E-state index is 10.8. The van der Waals surface area contributed by atoms with Crippen LogP contribution in [0.3, 0.4) is 0 Å². The number of methoxy groups -OCH3 is 1. The fourth-order valence-corrected chi connectivity index (χ4v) is 1.49. The third-order valence-electron chi connectivity index (χ3n) is 2.32. The van der Waals surface area contributed by atoms with Crippen LogP contribution in [0, 0.1) is 10.1 Å². The summed E-state index contributed by atoms with van der Waals surface area (Å²) in [6.07, 6.45) is 2.30. The number of nitro groups is 1. The molecule has 0 bridgehead atoms. The molecule has 0 aromatic heterocycles. The van der Waals surface area contributed by atoms with Crippen LogP contribution in [0.25, 0.3) is 0 Å². The van der Waals surface area contributed by atoms with E-state index in [2.05, 4.69) is 9.73 Å². The maximum Gasteiger partial charge on any atom is 0.305 e. The highest BCUT2D eigenvalue weighted by Crippen LogP contribution is 2.20. The molecule has 0 unspecified atom stereocenters. The van der Waals surface area contributed by atoms with Crippen LogP contribution in [0.5, 0.6) is 0 Å². The number of esters is 1. The van der Waals surface area contributed by atoms with Crippen LogP contribution in [0.4, 0.5) is 5.69 Å². The molecule has 0 fully saturated rings. The van der Waals surface area contributed by atoms with Gasteiger partial charge in [0.25, 0.3) is 5.69 Å². The Morgan fingerprint density at radius 2 is 2.32 bits per heavy atom. The monoisotopic (exact) mass is 284 g/mol. The predicted molar refractivity (Wildman–Crippen MR) is 71.8 cm³/mol. The normalized spacial score (nSPS) is 10.6. The average molecular weight is 285 g/mol. The molecule has 19 heavy (non-hydrogen) atoms. The fourth-order valence-electron chi connectivity index (χ4n) is 1.32. The molecule has 1 aromatic rings. The molecule has 102 valence electrons. The van der Waals surface area contributed by atoms with Crippen molar-refractivity contribution in [1.82, 2.24) is 0 Å². The molecular formula is C12H13ClN2O4. The van der Waals surface area contributed by atoms with Gasteiger partial charge in [-0.2, -0.15) is 0 Å². The van der Waals surface area contributed by atoms with Crippen LogP contribution in [0.1, 0.15) is 18.4 Å². The van der Waals surface area contributed by atoms with Crippen LogP contribution >= 0.6 is 11.6 Å². The molecule has 0 heterocycles. The van der Waals surface area contributed by atoms with Gasteiger partial charge in [-0.25, -0.2) is 0 Å². The topological polar surface area (TPSA) is 81.8 Å². The highest BCUT2D eigenvalue weighted by atomic mass is 35.5. The minimum Gasteiger partial charge on any atom is -0.469 e. The van der Waals surface area contributed by atoms with Gasteiger partial charge >= 0.3 is 5.97 Å². The zero-order chi connectivity index (χ0) is 14.3. The van der Waals surface area contributed by atoms with Crippen LogP contribution in [0.2, 0.25) is 5.02 Å². The number of non-ortho nitro benzene ring substituents is 1. The number of nitrogens with zero attached hydrogens (tertiary/aromatic N) is 2. The first kappa shape index (κ1) is 15.1. The van der Waals surface area contributed by atoms with E-state index in [1.54, 1.807) is 0 Å². The quantitative estimate of drug-likeness (QED) is 0.264. The number of benzene rings is 1. The van der Waals surface area contributed by atoms with Crippen molar-refractivity contribution in [3.8, 4) is 0 Å². The summed E-state index contributed by atoms with van der Waals surface area (Å²) in [6.45, 7) is 0.425. The summed E-state index contributed by atoms with van der Waals surface area (Å²) in [4.78, 5) is 25.0. The van der Waals surface area contributed by atoms with Crippen molar-refractivity contribution < 1.29 is 14.5 Å². The average Bonchev–Trinajstić information content (AvgIpc) is 2.39. The van der Waals surface area contributed by atoms with Gasteiger partial charge in [0.15, 0.2) is 0 Å². The van der Waals surface area contributed by atoms with E-state index in [1.807, 2.05) is 0 Å². The molecule has 0 spiro atoms. The molecule has 0 saturated heterocycles. The van der Waals surface area contributed by atoms with Gasteiger partial charge in [-0.1, -0.05) is 11.6 Å². The number of carbonyl (C=O) groups is 1. The largest absolute Gasteiger partial charge is 0.469 e. The summed E-state index contributed by atoms with van der Waals surface area (Å²) in [5.74, 6) is -0.288. The van der Waals surface area contributed by atoms with Gasteiger partial charge in [-0.05, 0) is 12.5 Å². The Labute approximate surface area is 115 Å². The van der Waals surface area contributed by atoms with Crippen molar-refractivity contribution in [3.63, 3.8) is 0 Å². The van der Waals surface area contributed by atoms with Gasteiger partial charge in [0.1, 0.15) is 0 Å². The lowest BCUT2D eigenvalue weighted by molar-refractivity contribution is -0.384. The molecule has 6 nitrogen and oxygen atoms in total. The summed E-state index contributed by atoms with van der Waals surface area (Å²) in [5.41, 5.74) is 0.439. The van der Waals surface area contributed by atoms with Crippen LogP contribution in [-0.4, -0.2) is 30.8 Å². The number of carbonyl (C=O) groups excluding carboxylic acids is 1. The van der Waals surface area contributed by atoms with Crippen molar-refractivity contribution in [1.29, 1.82) is 0 Å². The van der Waals surface area contributed by atoms with E-state index >= 15 is 0 Å². The lowest BCUT2D eigenvalue weighted by Gasteiger charge is -1.98. The lowest BCUT2D eigenvalue weighted by atomic mass is 10.2. The predicted octanol–water partition coefficient (Wildman–Crippen LogP) is 2.62. The molecule has 0 aliphatic rings. The summed E-state index contributed by atoms with van der Waals surface area (Å²) < 4.78 is 4.49. The van der Waals surface area contributed by atoms with E-state index in [9.17, 15) is 14.9 Å². The zero-order valence-electron chi connectivity index (χ0n) is 10.3. The van der Waals surface area contributed by atoms with Gasteiger partial charge in [-0.15, -0.1) is 0 Å². The van der Waals surface area contributed by atoms with Crippen LogP contribution in [-0.2, 0) is 9.53 Å². The Morgan fingerprint density at radius 1 is 1.58 bits per heavy atom. The number of halogens is 1. The standard InChI is InChI=1S/C12H13ClN2O4/c1-19-12(16)3-2-6-14-8-9-7-10(15(17)18)4-5-11(9)13/h4-5,7-8H,2-3,6H2,1H3. The Bertz CT molecular complexity index is 503. The zero-order valence-corrected chi connectivity index (χ0v) is 11.1. The van der Waals surface area contributed by atoms with Gasteiger partial charge in [0.05, 0.1) is 12.0 Å². The van der Waals surface area contributed by atoms with Crippen molar-refractivity contribution in [2.75, 3.05) is 13.7 Å². The summed E-state index contributed by atoms with van der Waals surface area (Å²) >= 11 is 5.90. The van der Waals surface area contributed by atoms with E-state index < -0.39 is 4.92 Å². The summed E-state index contributed by atoms with van der Waals surface area (Å²) in [7, 11) is 1.33. The Hall–Kier alpha value is -1.95. The second-order valence-electron chi connectivity index (χ2n) is 3.68. The van der Waals surface area contributed by atoms with Crippen molar-refractivity contribution in [2.45, 2.75) is 12.8 Å². The Morgan fingerprint density at radius 3 is 2.95 bits per heavy atom. The van der Waals surface area contributed by atoms with E-state index in [0.29, 0.717) is 23.6 Å². The van der Waals surface area contributed by atoms with Gasteiger partial charge in [0, 0.05) is 41.9 Å². The Kier molecular flexibility index (Phi) is 5.95. The number of aliphatic imine (C=N–C) groups is 1. The first-order chi connectivity index (χ1) is 9.04. The molecule has 0 aliphatic carbocycles. The number of hydrogen-bond acceptors (Lipinski definition) is 5. The smallest absolute Gasteiger partial charge is 0.305 e. The molecule has 0 saturated carbocycles. The first-order valence-electron chi connectivity index (χ1n) is 5.55. The van der Waals surface area contributed by atoms with Gasteiger partial charge < -0.3 is 4.74 Å². The molecule has 0 amide bonds. The molecule has 1 rings (SSSR count). The third kappa shape index (κ3) is 5.05. The molecular weight excluding hydrogens is 272 g/mol. The van der Waals surface area contributed by atoms with Crippen molar-refractivity contribution in [2.24, 2.45) is 4.99 Å². The maximum absolute atomic E-state index is 10.8. The molecule has 0 atom stereocenters. The lowest BCUT2D eigenvalue weighted by Crippen LogP contribution is -2.00. The highest BCUT2D eigenvalue weighted by Gasteiger charge is 2.07. The van der Waals surface area contributed by atoms with E-state index in [-0.39, 0.29) is 18.1 Å². The van der Waals surface area contributed by atoms with Crippen LogP contribution < -0.4 is 0 Å². The second-order valence-corrected chi connectivity index (χ2v) is 4.09. The minimum atomic E-state index is -0.495. The summed E-state index contributed by atoms with van der Waals surface area (Å²) in [6, 6.07) is 4.14. The molecule has 7 heteroatoms. The fraction of sp³-hybridized carbons (Fsp3) is 0.333. The van der Waals surface area contributed by atoms with Crippen molar-refractivity contribution >= 4 is 29.5 Å². The summed E-state index contributed by atoms with van der Waals surface area (Å²) in [5, 5.41) is 11.0. The van der Waals surface area contributed by atoms with Crippen LogP contribution in [0.15, 0.2) is 23.2 Å². The second kappa shape index (κ2) is 7.48. The number of hydrogen-bond donors (Lipinski definition) is 0. The number of rotatable bonds is 6. The molecule has 0 N–H and O–H groups in total. The third-order valence-corrected chi connectivity index (χ3v) is 2.66. The molecule has 0 radical (unpaired) electrons. The highest BCUT2D eigenvalue weighted by molar-refractivity contribution is 6.33. The van der Waals surface area contributed by atoms with E-state index in [4.69, 9.17) is 11.6 Å². The van der Waals surface area contributed by atoms with E-state index in [1.165, 1.54) is 31.5 Å². The van der Waals surface area contributed by atoms with Crippen molar-refractivity contribution in [3.05, 3.63) is 38.9 Å². The van der Waals surface area contributed by atoms with E-state index in [0.717, 1.165) is 0 Å². The van der Waals surface area contributed by atoms with Gasteiger partial charge in [-0.3, -0.25) is 19.9 Å². The van der Waals surface area contributed by atoms with Gasteiger partial charge in [0.2, 0.25) is 0 Å².